The van der Waals surface area contributed by atoms with Crippen LogP contribution < -0.4 is 11.3 Å². The molecule has 2 heterocycles. The zero-order chi connectivity index (χ0) is 9.42. The molecule has 2 bridgehead atoms. The molecule has 0 aromatic heterocycles. The van der Waals surface area contributed by atoms with Crippen LogP contribution in [0.1, 0.15) is 32.6 Å². The highest BCUT2D eigenvalue weighted by atomic mass is 16.2. The first kappa shape index (κ1) is 8.97. The number of nitrogens with two attached hydrogens (primary N) is 1. The number of nitrogens with one attached hydrogen (secondary N) is 1. The van der Waals surface area contributed by atoms with Crippen LogP contribution in [0.25, 0.3) is 0 Å². The number of carbonyl (C=O) groups is 1. The lowest BCUT2D eigenvalue weighted by atomic mass is 10.0. The maximum Gasteiger partial charge on any atom is 0.250 e. The van der Waals surface area contributed by atoms with Gasteiger partial charge in [0.15, 0.2) is 0 Å². The Bertz CT molecular complexity index is 199. The highest BCUT2D eigenvalue weighted by Crippen LogP contribution is 2.38. The van der Waals surface area contributed by atoms with Gasteiger partial charge in [0.2, 0.25) is 0 Å². The molecule has 0 saturated carbocycles. The number of hydrogen-bond donors (Lipinski definition) is 2. The third-order valence-corrected chi connectivity index (χ3v) is 3.48. The molecular weight excluding hydrogens is 166 g/mol. The average molecular weight is 183 g/mol. The van der Waals surface area contributed by atoms with E-state index in [1.807, 2.05) is 6.92 Å². The first-order chi connectivity index (χ1) is 6.24. The number of amides is 1. The second-order valence-electron chi connectivity index (χ2n) is 4.09. The smallest absolute Gasteiger partial charge is 0.250 e. The summed E-state index contributed by atoms with van der Waals surface area (Å²) in [7, 11) is 0. The van der Waals surface area contributed by atoms with Gasteiger partial charge in [-0.25, -0.2) is 5.84 Å². The van der Waals surface area contributed by atoms with Gasteiger partial charge in [0, 0.05) is 12.1 Å². The van der Waals surface area contributed by atoms with Gasteiger partial charge in [-0.15, -0.1) is 0 Å². The van der Waals surface area contributed by atoms with Crippen molar-refractivity contribution in [2.75, 3.05) is 0 Å². The van der Waals surface area contributed by atoms with Gasteiger partial charge in [-0.3, -0.25) is 15.1 Å². The Hall–Kier alpha value is -0.610. The van der Waals surface area contributed by atoms with Gasteiger partial charge in [-0.2, -0.15) is 0 Å². The summed E-state index contributed by atoms with van der Waals surface area (Å²) in [6.07, 6.45) is 5.03. The van der Waals surface area contributed by atoms with Crippen molar-refractivity contribution in [2.24, 2.45) is 5.84 Å². The highest BCUT2D eigenvalue weighted by Gasteiger charge is 2.43. The first-order valence-electron chi connectivity index (χ1n) is 5.02. The van der Waals surface area contributed by atoms with Crippen molar-refractivity contribution in [1.29, 1.82) is 0 Å². The van der Waals surface area contributed by atoms with Crippen LogP contribution in [0.5, 0.6) is 0 Å². The van der Waals surface area contributed by atoms with Crippen molar-refractivity contribution in [3.63, 3.8) is 0 Å². The first-order valence-corrected chi connectivity index (χ1v) is 5.02. The Morgan fingerprint density at radius 3 is 2.23 bits per heavy atom. The lowest BCUT2D eigenvalue weighted by Crippen LogP contribution is -2.49. The minimum atomic E-state index is -0.0567. The molecule has 2 fully saturated rings. The molecule has 4 heteroatoms. The third kappa shape index (κ3) is 1.34. The van der Waals surface area contributed by atoms with Gasteiger partial charge in [-0.05, 0) is 32.6 Å². The third-order valence-electron chi connectivity index (χ3n) is 3.48. The fourth-order valence-corrected chi connectivity index (χ4v) is 2.84. The maximum absolute atomic E-state index is 11.3. The number of rotatable bonds is 2. The second kappa shape index (κ2) is 3.27. The standard InChI is InChI=1S/C9H17N3O/c1-6(9(13)11-10)12-7-2-3-8(12)5-4-7/h6-8H,2-5,10H2,1H3,(H,11,13). The summed E-state index contributed by atoms with van der Waals surface area (Å²) < 4.78 is 0. The number of hydrogen-bond acceptors (Lipinski definition) is 3. The largest absolute Gasteiger partial charge is 0.293 e. The Labute approximate surface area is 78.4 Å². The SMILES string of the molecule is CC(C(=O)NN)N1C2CCC1CC2. The number of fused-ring (bicyclic) bond motifs is 2. The second-order valence-corrected chi connectivity index (χ2v) is 4.09. The van der Waals surface area contributed by atoms with Crippen LogP contribution in [0, 0.1) is 0 Å². The fraction of sp³-hybridized carbons (Fsp3) is 0.889. The molecule has 2 saturated heterocycles. The highest BCUT2D eigenvalue weighted by molar-refractivity contribution is 5.80. The van der Waals surface area contributed by atoms with Crippen LogP contribution >= 0.6 is 0 Å². The molecule has 13 heavy (non-hydrogen) atoms. The minimum absolute atomic E-state index is 0.0509. The summed E-state index contributed by atoms with van der Waals surface area (Å²) in [6.45, 7) is 1.94. The molecule has 74 valence electrons. The van der Waals surface area contributed by atoms with Crippen molar-refractivity contribution in [1.82, 2.24) is 10.3 Å². The van der Waals surface area contributed by atoms with Gasteiger partial charge in [0.25, 0.3) is 5.91 Å². The normalized spacial score (nSPS) is 34.9. The van der Waals surface area contributed by atoms with Crippen LogP contribution in [0.2, 0.25) is 0 Å². The van der Waals surface area contributed by atoms with Crippen LogP contribution in [-0.4, -0.2) is 28.9 Å². The van der Waals surface area contributed by atoms with Crippen molar-refractivity contribution in [3.8, 4) is 0 Å². The van der Waals surface area contributed by atoms with E-state index in [0.717, 1.165) is 0 Å². The van der Waals surface area contributed by atoms with Gasteiger partial charge < -0.3 is 0 Å². The molecule has 1 atom stereocenters. The zero-order valence-corrected chi connectivity index (χ0v) is 7.99. The van der Waals surface area contributed by atoms with E-state index in [1.165, 1.54) is 25.7 Å². The fourth-order valence-electron chi connectivity index (χ4n) is 2.84. The van der Waals surface area contributed by atoms with E-state index >= 15 is 0 Å². The molecule has 0 spiro atoms. The number of nitrogens with zero attached hydrogens (tertiary/aromatic N) is 1. The Kier molecular flexibility index (Phi) is 2.26. The summed E-state index contributed by atoms with van der Waals surface area (Å²) in [5, 5.41) is 0. The van der Waals surface area contributed by atoms with E-state index in [0.29, 0.717) is 12.1 Å². The molecular formula is C9H17N3O. The molecule has 1 amide bonds. The van der Waals surface area contributed by atoms with E-state index in [2.05, 4.69) is 10.3 Å². The molecule has 0 aliphatic carbocycles. The lowest BCUT2D eigenvalue weighted by molar-refractivity contribution is -0.126. The van der Waals surface area contributed by atoms with Crippen molar-refractivity contribution < 1.29 is 4.79 Å². The Morgan fingerprint density at radius 1 is 1.38 bits per heavy atom. The van der Waals surface area contributed by atoms with Crippen molar-refractivity contribution in [3.05, 3.63) is 0 Å². The van der Waals surface area contributed by atoms with E-state index in [4.69, 9.17) is 5.84 Å². The number of carbonyl (C=O) groups excluding carboxylic acids is 1. The van der Waals surface area contributed by atoms with Gasteiger partial charge >= 0.3 is 0 Å². The molecule has 3 N–H and O–H groups in total. The molecule has 2 aliphatic rings. The summed E-state index contributed by atoms with van der Waals surface area (Å²) in [4.78, 5) is 13.7. The quantitative estimate of drug-likeness (QED) is 0.360. The Morgan fingerprint density at radius 2 is 1.85 bits per heavy atom. The maximum atomic E-state index is 11.3. The summed E-state index contributed by atoms with van der Waals surface area (Å²) in [6, 6.07) is 1.22. The summed E-state index contributed by atoms with van der Waals surface area (Å²) >= 11 is 0. The van der Waals surface area contributed by atoms with Crippen LogP contribution in [0.3, 0.4) is 0 Å². The van der Waals surface area contributed by atoms with Crippen molar-refractivity contribution in [2.45, 2.75) is 50.7 Å². The van der Waals surface area contributed by atoms with Crippen LogP contribution in [0.15, 0.2) is 0 Å². The van der Waals surface area contributed by atoms with E-state index in [1.54, 1.807) is 0 Å². The van der Waals surface area contributed by atoms with Crippen LogP contribution in [0.4, 0.5) is 0 Å². The molecule has 2 aliphatic heterocycles. The molecule has 2 rings (SSSR count). The predicted molar refractivity (Wildman–Crippen MR) is 49.7 cm³/mol. The summed E-state index contributed by atoms with van der Waals surface area (Å²) in [5.74, 6) is 5.07. The monoisotopic (exact) mass is 183 g/mol. The molecule has 0 aromatic rings. The Balaban J connectivity index is 2.04. The van der Waals surface area contributed by atoms with Crippen LogP contribution in [-0.2, 0) is 4.79 Å². The molecule has 1 unspecified atom stereocenters. The average Bonchev–Trinajstić information content (AvgIpc) is 2.74. The van der Waals surface area contributed by atoms with Gasteiger partial charge in [0.1, 0.15) is 0 Å². The molecule has 0 radical (unpaired) electrons. The molecule has 4 nitrogen and oxygen atoms in total. The summed E-state index contributed by atoms with van der Waals surface area (Å²) in [5.41, 5.74) is 2.23. The zero-order valence-electron chi connectivity index (χ0n) is 7.99. The number of hydrazine groups is 1. The van der Waals surface area contributed by atoms with Crippen molar-refractivity contribution >= 4 is 5.91 Å². The minimum Gasteiger partial charge on any atom is -0.293 e. The van der Waals surface area contributed by atoms with E-state index < -0.39 is 0 Å². The lowest BCUT2D eigenvalue weighted by Gasteiger charge is -2.27. The molecule has 0 aromatic carbocycles. The topological polar surface area (TPSA) is 58.4 Å². The predicted octanol–water partition coefficient (Wildman–Crippen LogP) is -0.00840. The van der Waals surface area contributed by atoms with Gasteiger partial charge in [-0.1, -0.05) is 0 Å². The van der Waals surface area contributed by atoms with E-state index in [9.17, 15) is 4.79 Å². The van der Waals surface area contributed by atoms with E-state index in [-0.39, 0.29) is 11.9 Å². The van der Waals surface area contributed by atoms with Gasteiger partial charge in [0.05, 0.1) is 6.04 Å².